The second-order valence-electron chi connectivity index (χ2n) is 3.06. The third-order valence-electron chi connectivity index (χ3n) is 1.93. The maximum atomic E-state index is 9.45. The van der Waals surface area contributed by atoms with Gasteiger partial charge in [0.25, 0.3) is 0 Å². The molecule has 1 aromatic heterocycles. The minimum absolute atomic E-state index is 0.206. The molecule has 2 aromatic rings. The number of phenols is 1. The van der Waals surface area contributed by atoms with Gasteiger partial charge in [-0.05, 0) is 23.6 Å². The summed E-state index contributed by atoms with van der Waals surface area (Å²) < 4.78 is 0. The highest BCUT2D eigenvalue weighted by Gasteiger charge is 1.93. The number of aromatic hydroxyl groups is 1. The van der Waals surface area contributed by atoms with Gasteiger partial charge in [-0.25, -0.2) is 0 Å². The highest BCUT2D eigenvalue weighted by atomic mass is 32.1. The first-order valence-electron chi connectivity index (χ1n) is 4.74. The third kappa shape index (κ3) is 2.77. The minimum Gasteiger partial charge on any atom is -0.507 e. The zero-order chi connectivity index (χ0) is 11.2. The molecule has 0 unspecified atom stereocenters. The fraction of sp³-hybridized carbons (Fsp3) is 0. The summed E-state index contributed by atoms with van der Waals surface area (Å²) in [4.78, 5) is 1.05. The smallest absolute Gasteiger partial charge is 0.124 e. The fourth-order valence-corrected chi connectivity index (χ4v) is 1.73. The largest absolute Gasteiger partial charge is 0.507 e. The summed E-state index contributed by atoms with van der Waals surface area (Å²) in [5, 5.41) is 19.2. The van der Waals surface area contributed by atoms with E-state index in [1.165, 1.54) is 6.21 Å². The Balaban J connectivity index is 2.03. The van der Waals surface area contributed by atoms with Crippen molar-refractivity contribution in [2.75, 3.05) is 0 Å². The Kier molecular flexibility index (Phi) is 3.46. The maximum Gasteiger partial charge on any atom is 0.124 e. The standard InChI is InChI=1S/C12H10N2OS/c15-12-6-2-1-4-10(12)8-13-14-9-11-5-3-7-16-11/h1-9,15H/b13-8+,14-9+. The van der Waals surface area contributed by atoms with E-state index in [-0.39, 0.29) is 5.75 Å². The van der Waals surface area contributed by atoms with Crippen molar-refractivity contribution < 1.29 is 5.11 Å². The number of hydrogen-bond acceptors (Lipinski definition) is 4. The minimum atomic E-state index is 0.206. The molecule has 0 spiro atoms. The topological polar surface area (TPSA) is 45.0 Å². The molecule has 0 aliphatic rings. The van der Waals surface area contributed by atoms with Crippen LogP contribution in [0.25, 0.3) is 0 Å². The second-order valence-corrected chi connectivity index (χ2v) is 4.04. The molecule has 0 bridgehead atoms. The number of thiophene rings is 1. The molecule has 0 amide bonds. The summed E-state index contributed by atoms with van der Waals surface area (Å²) in [7, 11) is 0. The number of nitrogens with zero attached hydrogens (tertiary/aromatic N) is 2. The van der Waals surface area contributed by atoms with E-state index in [9.17, 15) is 5.11 Å². The first-order valence-corrected chi connectivity index (χ1v) is 5.62. The Labute approximate surface area is 97.4 Å². The molecule has 3 nitrogen and oxygen atoms in total. The van der Waals surface area contributed by atoms with E-state index in [1.807, 2.05) is 23.6 Å². The van der Waals surface area contributed by atoms with Crippen LogP contribution in [-0.2, 0) is 0 Å². The van der Waals surface area contributed by atoms with Crippen molar-refractivity contribution in [3.63, 3.8) is 0 Å². The van der Waals surface area contributed by atoms with Gasteiger partial charge < -0.3 is 5.11 Å². The van der Waals surface area contributed by atoms with E-state index in [2.05, 4.69) is 10.2 Å². The Morgan fingerprint density at radius 1 is 1.00 bits per heavy atom. The van der Waals surface area contributed by atoms with Crippen LogP contribution in [-0.4, -0.2) is 17.5 Å². The molecule has 0 saturated heterocycles. The lowest BCUT2D eigenvalue weighted by Gasteiger charge is -1.94. The number of para-hydroxylation sites is 1. The van der Waals surface area contributed by atoms with Crippen LogP contribution in [0.2, 0.25) is 0 Å². The molecule has 0 aliphatic heterocycles. The van der Waals surface area contributed by atoms with Crippen LogP contribution < -0.4 is 0 Å². The molecule has 0 atom stereocenters. The number of hydrogen-bond donors (Lipinski definition) is 1. The molecule has 0 fully saturated rings. The van der Waals surface area contributed by atoms with Gasteiger partial charge in [0.05, 0.1) is 12.4 Å². The lowest BCUT2D eigenvalue weighted by Crippen LogP contribution is -1.80. The molecule has 2 rings (SSSR count). The first-order chi connectivity index (χ1) is 7.86. The van der Waals surface area contributed by atoms with E-state index in [1.54, 1.807) is 35.8 Å². The molecule has 4 heteroatoms. The number of rotatable bonds is 3. The van der Waals surface area contributed by atoms with Gasteiger partial charge in [0.1, 0.15) is 5.75 Å². The predicted molar refractivity (Wildman–Crippen MR) is 67.6 cm³/mol. The molecular formula is C12H10N2OS. The summed E-state index contributed by atoms with van der Waals surface area (Å²) in [6, 6.07) is 10.9. The summed E-state index contributed by atoms with van der Waals surface area (Å²) in [5.41, 5.74) is 0.658. The highest BCUT2D eigenvalue weighted by Crippen LogP contribution is 2.12. The molecule has 0 aliphatic carbocycles. The van der Waals surface area contributed by atoms with Gasteiger partial charge in [0.2, 0.25) is 0 Å². The summed E-state index contributed by atoms with van der Waals surface area (Å²) in [6.45, 7) is 0. The third-order valence-corrected chi connectivity index (χ3v) is 2.74. The van der Waals surface area contributed by atoms with Crippen LogP contribution in [0.1, 0.15) is 10.4 Å². The zero-order valence-corrected chi connectivity index (χ0v) is 9.26. The van der Waals surface area contributed by atoms with Crippen molar-refractivity contribution in [1.82, 2.24) is 0 Å². The highest BCUT2D eigenvalue weighted by molar-refractivity contribution is 7.11. The van der Waals surface area contributed by atoms with E-state index in [4.69, 9.17) is 0 Å². The second kappa shape index (κ2) is 5.23. The molecule has 1 aromatic carbocycles. The van der Waals surface area contributed by atoms with Crippen LogP contribution in [0.3, 0.4) is 0 Å². The van der Waals surface area contributed by atoms with Crippen LogP contribution in [0.15, 0.2) is 52.0 Å². The van der Waals surface area contributed by atoms with Crippen LogP contribution in [0.5, 0.6) is 5.75 Å². The van der Waals surface area contributed by atoms with E-state index >= 15 is 0 Å². The van der Waals surface area contributed by atoms with Crippen LogP contribution in [0, 0.1) is 0 Å². The Bertz CT molecular complexity index is 503. The zero-order valence-electron chi connectivity index (χ0n) is 8.45. The van der Waals surface area contributed by atoms with E-state index < -0.39 is 0 Å². The Hall–Kier alpha value is -1.94. The Morgan fingerprint density at radius 3 is 2.56 bits per heavy atom. The number of phenolic OH excluding ortho intramolecular Hbond substituents is 1. The van der Waals surface area contributed by atoms with Gasteiger partial charge in [0, 0.05) is 10.4 Å². The van der Waals surface area contributed by atoms with Crippen molar-refractivity contribution in [3.05, 3.63) is 52.2 Å². The predicted octanol–water partition coefficient (Wildman–Crippen LogP) is 2.91. The van der Waals surface area contributed by atoms with Crippen molar-refractivity contribution in [1.29, 1.82) is 0 Å². The summed E-state index contributed by atoms with van der Waals surface area (Å²) >= 11 is 1.60. The maximum absolute atomic E-state index is 9.45. The van der Waals surface area contributed by atoms with Crippen molar-refractivity contribution in [2.45, 2.75) is 0 Å². The van der Waals surface area contributed by atoms with Gasteiger partial charge in [-0.3, -0.25) is 0 Å². The number of benzene rings is 1. The van der Waals surface area contributed by atoms with Gasteiger partial charge in [0.15, 0.2) is 0 Å². The molecule has 1 N–H and O–H groups in total. The lowest BCUT2D eigenvalue weighted by atomic mass is 10.2. The molecular weight excluding hydrogens is 220 g/mol. The molecule has 80 valence electrons. The van der Waals surface area contributed by atoms with Crippen LogP contribution >= 0.6 is 11.3 Å². The quantitative estimate of drug-likeness (QED) is 0.639. The van der Waals surface area contributed by atoms with Crippen LogP contribution in [0.4, 0.5) is 0 Å². The van der Waals surface area contributed by atoms with Crippen molar-refractivity contribution in [2.24, 2.45) is 10.2 Å². The fourth-order valence-electron chi connectivity index (χ4n) is 1.15. The summed E-state index contributed by atoms with van der Waals surface area (Å²) in [6.07, 6.45) is 3.21. The average molecular weight is 230 g/mol. The summed E-state index contributed by atoms with van der Waals surface area (Å²) in [5.74, 6) is 0.206. The van der Waals surface area contributed by atoms with Gasteiger partial charge in [-0.15, -0.1) is 11.3 Å². The monoisotopic (exact) mass is 230 g/mol. The van der Waals surface area contributed by atoms with Gasteiger partial charge >= 0.3 is 0 Å². The Morgan fingerprint density at radius 2 is 1.81 bits per heavy atom. The van der Waals surface area contributed by atoms with E-state index in [0.29, 0.717) is 5.56 Å². The average Bonchev–Trinajstić information content (AvgIpc) is 2.79. The van der Waals surface area contributed by atoms with Crippen molar-refractivity contribution >= 4 is 23.8 Å². The molecule has 0 saturated carbocycles. The normalized spacial score (nSPS) is 11.5. The lowest BCUT2D eigenvalue weighted by molar-refractivity contribution is 0.474. The first kappa shape index (κ1) is 10.6. The SMILES string of the molecule is Oc1ccccc1/C=N/N=C/c1cccs1. The van der Waals surface area contributed by atoms with Crippen molar-refractivity contribution in [3.8, 4) is 5.75 Å². The molecule has 0 radical (unpaired) electrons. The molecule has 1 heterocycles. The molecule has 16 heavy (non-hydrogen) atoms. The van der Waals surface area contributed by atoms with Gasteiger partial charge in [-0.2, -0.15) is 10.2 Å². The van der Waals surface area contributed by atoms with Gasteiger partial charge in [-0.1, -0.05) is 18.2 Å². The van der Waals surface area contributed by atoms with E-state index in [0.717, 1.165) is 4.88 Å².